The maximum absolute atomic E-state index is 12.3. The van der Waals surface area contributed by atoms with Crippen molar-refractivity contribution >= 4 is 34.5 Å². The number of para-hydroxylation sites is 1. The number of amides is 1. The third-order valence-corrected chi connectivity index (χ3v) is 4.58. The monoisotopic (exact) mass is 323 g/mol. The Kier molecular flexibility index (Phi) is 5.26. The summed E-state index contributed by atoms with van der Waals surface area (Å²) in [4.78, 5) is 13.2. The highest BCUT2D eigenvalue weighted by atomic mass is 35.5. The zero-order chi connectivity index (χ0) is 15.4. The molecule has 0 bridgehead atoms. The Bertz CT molecular complexity index is 619. The van der Waals surface area contributed by atoms with Crippen LogP contribution in [0.4, 0.5) is 5.69 Å². The Morgan fingerprint density at radius 3 is 2.62 bits per heavy atom. The molecule has 1 unspecified atom stereocenters. The fourth-order valence-electron chi connectivity index (χ4n) is 2.13. The highest BCUT2D eigenvalue weighted by Crippen LogP contribution is 2.27. The van der Waals surface area contributed by atoms with Crippen LogP contribution in [0.1, 0.15) is 16.0 Å². The van der Waals surface area contributed by atoms with E-state index in [0.717, 1.165) is 27.4 Å². The van der Waals surface area contributed by atoms with Crippen LogP contribution < -0.4 is 10.1 Å². The van der Waals surface area contributed by atoms with E-state index in [-0.39, 0.29) is 5.91 Å². The van der Waals surface area contributed by atoms with E-state index in [1.807, 2.05) is 43.5 Å². The van der Waals surface area contributed by atoms with Crippen LogP contribution in [0.5, 0.6) is 5.75 Å². The molecule has 1 amide bonds. The molecule has 1 aromatic heterocycles. The predicted molar refractivity (Wildman–Crippen MR) is 88.8 cm³/mol. The first-order valence-electron chi connectivity index (χ1n) is 6.64. The fraction of sp³-hybridized carbons (Fsp3) is 0.312. The molecular formula is C16H18ClNO2S. The van der Waals surface area contributed by atoms with Gasteiger partial charge in [-0.2, -0.15) is 0 Å². The van der Waals surface area contributed by atoms with Crippen molar-refractivity contribution in [2.75, 3.05) is 12.4 Å². The number of rotatable bonds is 5. The second kappa shape index (κ2) is 6.96. The lowest BCUT2D eigenvalue weighted by atomic mass is 10.1. The number of carbonyl (C=O) groups excluding carboxylic acids is 1. The van der Waals surface area contributed by atoms with Gasteiger partial charge in [0.05, 0.1) is 7.11 Å². The highest BCUT2D eigenvalue weighted by Gasteiger charge is 2.20. The average molecular weight is 324 g/mol. The summed E-state index contributed by atoms with van der Waals surface area (Å²) in [6.45, 7) is 3.93. The number of hydrogen-bond donors (Lipinski definition) is 1. The average Bonchev–Trinajstić information content (AvgIpc) is 2.90. The van der Waals surface area contributed by atoms with Crippen LogP contribution in [0.3, 0.4) is 0 Å². The molecule has 0 spiro atoms. The summed E-state index contributed by atoms with van der Waals surface area (Å²) in [5, 5.41) is 4.22. The quantitative estimate of drug-likeness (QED) is 0.839. The molecule has 0 saturated heterocycles. The number of anilines is 1. The Labute approximate surface area is 133 Å². The number of carbonyl (C=O) groups is 1. The topological polar surface area (TPSA) is 38.3 Å². The minimum Gasteiger partial charge on any atom is -0.496 e. The van der Waals surface area contributed by atoms with Crippen molar-refractivity contribution in [3.05, 3.63) is 45.6 Å². The van der Waals surface area contributed by atoms with Crippen LogP contribution in [0.2, 0.25) is 0 Å². The minimum atomic E-state index is -0.628. The van der Waals surface area contributed by atoms with E-state index in [0.29, 0.717) is 6.42 Å². The van der Waals surface area contributed by atoms with Gasteiger partial charge in [0.25, 0.3) is 0 Å². The molecule has 21 heavy (non-hydrogen) atoms. The number of halogens is 1. The summed E-state index contributed by atoms with van der Waals surface area (Å²) in [7, 11) is 1.62. The molecule has 5 heteroatoms. The van der Waals surface area contributed by atoms with Crippen molar-refractivity contribution in [2.24, 2.45) is 0 Å². The number of methoxy groups -OCH3 is 1. The van der Waals surface area contributed by atoms with Gasteiger partial charge in [-0.1, -0.05) is 18.2 Å². The number of hydrogen-bond acceptors (Lipinski definition) is 3. The lowest BCUT2D eigenvalue weighted by molar-refractivity contribution is -0.115. The molecule has 0 saturated carbocycles. The summed E-state index contributed by atoms with van der Waals surface area (Å²) in [5.74, 6) is 0.593. The van der Waals surface area contributed by atoms with E-state index in [4.69, 9.17) is 16.3 Å². The van der Waals surface area contributed by atoms with Crippen molar-refractivity contribution < 1.29 is 9.53 Å². The molecule has 1 atom stereocenters. The maximum Gasteiger partial charge on any atom is 0.242 e. The van der Waals surface area contributed by atoms with Gasteiger partial charge in [-0.25, -0.2) is 0 Å². The first kappa shape index (κ1) is 15.9. The molecule has 2 rings (SSSR count). The van der Waals surface area contributed by atoms with Crippen molar-refractivity contribution in [2.45, 2.75) is 25.6 Å². The van der Waals surface area contributed by atoms with E-state index in [2.05, 4.69) is 5.32 Å². The largest absolute Gasteiger partial charge is 0.496 e. The minimum absolute atomic E-state index is 0.190. The first-order chi connectivity index (χ1) is 10.0. The van der Waals surface area contributed by atoms with Gasteiger partial charge in [0.2, 0.25) is 5.91 Å². The third-order valence-electron chi connectivity index (χ3n) is 3.30. The predicted octanol–water partition coefficient (Wildman–Crippen LogP) is 4.16. The van der Waals surface area contributed by atoms with Crippen LogP contribution >= 0.6 is 22.9 Å². The number of alkyl halides is 1. The van der Waals surface area contributed by atoms with Crippen LogP contribution in [0, 0.1) is 13.8 Å². The molecule has 1 heterocycles. The zero-order valence-corrected chi connectivity index (χ0v) is 13.8. The second-order valence-corrected chi connectivity index (χ2v) is 6.37. The summed E-state index contributed by atoms with van der Waals surface area (Å²) < 4.78 is 5.24. The molecule has 0 aliphatic carbocycles. The number of ether oxygens (including phenoxy) is 1. The van der Waals surface area contributed by atoms with Gasteiger partial charge >= 0.3 is 0 Å². The highest BCUT2D eigenvalue weighted by molar-refractivity contribution is 7.10. The molecule has 3 nitrogen and oxygen atoms in total. The standard InChI is InChI=1S/C16H18ClNO2S/c1-10-5-4-6-11(2)15(10)18-16(19)12(17)9-14-13(20-3)7-8-21-14/h4-8,12H,9H2,1-3H3,(H,18,19). The lowest BCUT2D eigenvalue weighted by Gasteiger charge is -2.14. The molecule has 0 aliphatic rings. The van der Waals surface area contributed by atoms with Gasteiger partial charge in [-0.3, -0.25) is 4.79 Å². The van der Waals surface area contributed by atoms with Gasteiger partial charge in [0.1, 0.15) is 11.1 Å². The van der Waals surface area contributed by atoms with Crippen LogP contribution in [0.25, 0.3) is 0 Å². The van der Waals surface area contributed by atoms with E-state index < -0.39 is 5.38 Å². The molecular weight excluding hydrogens is 306 g/mol. The van der Waals surface area contributed by atoms with Gasteiger partial charge in [0, 0.05) is 17.0 Å². The van der Waals surface area contributed by atoms with Crippen molar-refractivity contribution in [3.63, 3.8) is 0 Å². The summed E-state index contributed by atoms with van der Waals surface area (Å²) >= 11 is 7.79. The van der Waals surface area contributed by atoms with Gasteiger partial charge in [-0.15, -0.1) is 22.9 Å². The Balaban J connectivity index is 2.06. The van der Waals surface area contributed by atoms with Gasteiger partial charge in [0.15, 0.2) is 0 Å². The molecule has 2 aromatic rings. The zero-order valence-electron chi connectivity index (χ0n) is 12.3. The van der Waals surface area contributed by atoms with Crippen molar-refractivity contribution in [3.8, 4) is 5.75 Å². The Hall–Kier alpha value is -1.52. The number of nitrogens with one attached hydrogen (secondary N) is 1. The molecule has 0 aliphatic heterocycles. The number of thiophene rings is 1. The Morgan fingerprint density at radius 1 is 1.33 bits per heavy atom. The summed E-state index contributed by atoms with van der Waals surface area (Å²) in [6.07, 6.45) is 0.457. The fourth-order valence-corrected chi connectivity index (χ4v) is 3.31. The number of benzene rings is 1. The summed E-state index contributed by atoms with van der Waals surface area (Å²) in [6, 6.07) is 7.78. The lowest BCUT2D eigenvalue weighted by Crippen LogP contribution is -2.25. The molecule has 0 radical (unpaired) electrons. The third kappa shape index (κ3) is 3.77. The molecule has 112 valence electrons. The Morgan fingerprint density at radius 2 is 2.00 bits per heavy atom. The smallest absolute Gasteiger partial charge is 0.242 e. The van der Waals surface area contributed by atoms with E-state index >= 15 is 0 Å². The van der Waals surface area contributed by atoms with Crippen molar-refractivity contribution in [1.29, 1.82) is 0 Å². The van der Waals surface area contributed by atoms with Crippen LogP contribution in [-0.4, -0.2) is 18.4 Å². The molecule has 0 fully saturated rings. The van der Waals surface area contributed by atoms with Gasteiger partial charge in [-0.05, 0) is 36.4 Å². The van der Waals surface area contributed by atoms with E-state index in [1.54, 1.807) is 18.4 Å². The SMILES string of the molecule is COc1ccsc1CC(Cl)C(=O)Nc1c(C)cccc1C. The van der Waals surface area contributed by atoms with Crippen molar-refractivity contribution in [1.82, 2.24) is 0 Å². The van der Waals surface area contributed by atoms with E-state index in [9.17, 15) is 4.79 Å². The number of aryl methyl sites for hydroxylation is 2. The molecule has 1 aromatic carbocycles. The first-order valence-corrected chi connectivity index (χ1v) is 7.96. The van der Waals surface area contributed by atoms with E-state index in [1.165, 1.54) is 0 Å². The normalized spacial score (nSPS) is 12.0. The second-order valence-electron chi connectivity index (χ2n) is 4.84. The maximum atomic E-state index is 12.3. The van der Waals surface area contributed by atoms with Crippen LogP contribution in [-0.2, 0) is 11.2 Å². The summed E-state index contributed by atoms with van der Waals surface area (Å²) in [5.41, 5.74) is 2.90. The molecule has 1 N–H and O–H groups in total. The van der Waals surface area contributed by atoms with Gasteiger partial charge < -0.3 is 10.1 Å². The van der Waals surface area contributed by atoms with Crippen LogP contribution in [0.15, 0.2) is 29.6 Å².